The fraction of sp³-hybridized carbons (Fsp3) is 0.167. The zero-order chi connectivity index (χ0) is 21.4. The molecule has 2 aliphatic rings. The number of carbonyl (C=O) groups excluding carboxylic acids is 2. The molecule has 0 aromatic carbocycles. The molecule has 0 spiro atoms. The lowest BCUT2D eigenvalue weighted by Gasteiger charge is -2.05. The van der Waals surface area contributed by atoms with E-state index >= 15 is 0 Å². The van der Waals surface area contributed by atoms with Crippen molar-refractivity contribution < 1.29 is 9.59 Å². The van der Waals surface area contributed by atoms with Crippen molar-refractivity contribution in [2.75, 3.05) is 0 Å². The van der Waals surface area contributed by atoms with Crippen molar-refractivity contribution in [1.82, 2.24) is 20.6 Å². The summed E-state index contributed by atoms with van der Waals surface area (Å²) in [4.78, 5) is 33.1. The normalized spacial score (nSPS) is 19.2. The maximum absolute atomic E-state index is 11.8. The van der Waals surface area contributed by atoms with E-state index in [4.69, 9.17) is 9.97 Å². The Morgan fingerprint density at radius 2 is 1.03 bits per heavy atom. The molecule has 0 radical (unpaired) electrons. The largest absolute Gasteiger partial charge is 0.322 e. The Morgan fingerprint density at radius 3 is 1.37 bits per heavy atom. The molecule has 6 nitrogen and oxygen atoms in total. The van der Waals surface area contributed by atoms with Crippen LogP contribution in [0.25, 0.3) is 23.5 Å². The van der Waals surface area contributed by atoms with Crippen LogP contribution in [0, 0.1) is 0 Å². The summed E-state index contributed by atoms with van der Waals surface area (Å²) in [6.07, 6.45) is 3.73. The fourth-order valence-electron chi connectivity index (χ4n) is 3.30. The Morgan fingerprint density at radius 1 is 0.633 bits per heavy atom. The third-order valence-corrected chi connectivity index (χ3v) is 5.50. The first-order valence-corrected chi connectivity index (χ1v) is 9.70. The van der Waals surface area contributed by atoms with E-state index in [9.17, 15) is 9.59 Å². The highest BCUT2D eigenvalue weighted by Crippen LogP contribution is 2.24. The van der Waals surface area contributed by atoms with E-state index in [2.05, 4.69) is 10.6 Å². The van der Waals surface area contributed by atoms with Crippen LogP contribution in [0.4, 0.5) is 0 Å². The summed E-state index contributed by atoms with van der Waals surface area (Å²) in [6.45, 7) is 7.46. The summed E-state index contributed by atoms with van der Waals surface area (Å²) < 4.78 is 0. The van der Waals surface area contributed by atoms with Gasteiger partial charge in [0, 0.05) is 22.5 Å². The zero-order valence-corrected chi connectivity index (χ0v) is 17.3. The van der Waals surface area contributed by atoms with Crippen molar-refractivity contribution in [3.8, 4) is 11.4 Å². The summed E-state index contributed by atoms with van der Waals surface area (Å²) in [5.41, 5.74) is 7.76. The minimum Gasteiger partial charge on any atom is -0.322 e. The van der Waals surface area contributed by atoms with Gasteiger partial charge >= 0.3 is 0 Å². The minimum atomic E-state index is -0.0732. The number of nitrogens with zero attached hydrogens (tertiary/aromatic N) is 2. The third kappa shape index (κ3) is 3.59. The number of amides is 2. The molecule has 4 rings (SSSR count). The molecule has 0 fully saturated rings. The highest BCUT2D eigenvalue weighted by molar-refractivity contribution is 6.01. The predicted molar refractivity (Wildman–Crippen MR) is 116 cm³/mol. The van der Waals surface area contributed by atoms with Gasteiger partial charge in [-0.2, -0.15) is 0 Å². The van der Waals surface area contributed by atoms with Gasteiger partial charge < -0.3 is 10.6 Å². The molecule has 2 aromatic rings. The second-order valence-corrected chi connectivity index (χ2v) is 7.42. The topological polar surface area (TPSA) is 84.0 Å². The van der Waals surface area contributed by atoms with Crippen molar-refractivity contribution in [3.05, 3.63) is 81.5 Å². The summed E-state index contributed by atoms with van der Waals surface area (Å²) in [7, 11) is 0. The quantitative estimate of drug-likeness (QED) is 0.825. The van der Waals surface area contributed by atoms with E-state index in [1.165, 1.54) is 0 Å². The highest BCUT2D eigenvalue weighted by Gasteiger charge is 2.21. The molecule has 0 bridgehead atoms. The molecule has 0 unspecified atom stereocenters. The number of aromatic nitrogens is 2. The van der Waals surface area contributed by atoms with Gasteiger partial charge in [-0.15, -0.1) is 0 Å². The smallest absolute Gasteiger partial charge is 0.251 e. The second-order valence-electron chi connectivity index (χ2n) is 7.42. The molecule has 6 heteroatoms. The third-order valence-electron chi connectivity index (χ3n) is 5.50. The van der Waals surface area contributed by atoms with Gasteiger partial charge in [-0.3, -0.25) is 9.59 Å². The molecule has 4 heterocycles. The van der Waals surface area contributed by atoms with Gasteiger partial charge in [0.05, 0.1) is 22.8 Å². The Hall–Kier alpha value is -3.80. The van der Waals surface area contributed by atoms with Crippen molar-refractivity contribution in [2.45, 2.75) is 27.7 Å². The molecule has 2 N–H and O–H groups in total. The number of rotatable bonds is 3. The maximum atomic E-state index is 11.8. The molecule has 0 atom stereocenters. The molecule has 0 saturated heterocycles. The predicted octanol–water partition coefficient (Wildman–Crippen LogP) is 3.76. The van der Waals surface area contributed by atoms with Gasteiger partial charge in [-0.05, 0) is 75.3 Å². The molecule has 2 amide bonds. The average molecular weight is 398 g/mol. The Kier molecular flexibility index (Phi) is 4.91. The number of allylic oxidation sites excluding steroid dienone is 2. The van der Waals surface area contributed by atoms with Crippen LogP contribution in [0.2, 0.25) is 0 Å². The summed E-state index contributed by atoms with van der Waals surface area (Å²) in [5, 5.41) is 5.74. The van der Waals surface area contributed by atoms with Gasteiger partial charge in [0.25, 0.3) is 11.8 Å². The van der Waals surface area contributed by atoms with Gasteiger partial charge in [-0.1, -0.05) is 12.1 Å². The fourth-order valence-corrected chi connectivity index (χ4v) is 3.30. The number of hydrogen-bond donors (Lipinski definition) is 2. The first-order valence-electron chi connectivity index (χ1n) is 9.70. The van der Waals surface area contributed by atoms with Crippen LogP contribution < -0.4 is 10.6 Å². The van der Waals surface area contributed by atoms with Crippen LogP contribution in [0.3, 0.4) is 0 Å². The van der Waals surface area contributed by atoms with Crippen molar-refractivity contribution >= 4 is 24.0 Å². The van der Waals surface area contributed by atoms with Crippen molar-refractivity contribution in [3.63, 3.8) is 0 Å². The summed E-state index contributed by atoms with van der Waals surface area (Å²) in [6, 6.07) is 11.4. The van der Waals surface area contributed by atoms with E-state index in [1.807, 2.05) is 76.2 Å². The highest BCUT2D eigenvalue weighted by atomic mass is 16.2. The lowest BCUT2D eigenvalue weighted by atomic mass is 10.1. The number of hydrogen-bond acceptors (Lipinski definition) is 4. The van der Waals surface area contributed by atoms with Crippen molar-refractivity contribution in [2.24, 2.45) is 0 Å². The first kappa shape index (κ1) is 19.5. The van der Waals surface area contributed by atoms with Crippen LogP contribution in [0.15, 0.2) is 70.1 Å². The van der Waals surface area contributed by atoms with E-state index in [0.717, 1.165) is 56.5 Å². The molecule has 0 aliphatic carbocycles. The molecular weight excluding hydrogens is 376 g/mol. The van der Waals surface area contributed by atoms with Crippen LogP contribution in [0.1, 0.15) is 39.1 Å². The molecule has 0 saturated carbocycles. The van der Waals surface area contributed by atoms with E-state index < -0.39 is 0 Å². The van der Waals surface area contributed by atoms with E-state index in [1.54, 1.807) is 0 Å². The Labute approximate surface area is 175 Å². The average Bonchev–Trinajstić information content (AvgIpc) is 3.12. The van der Waals surface area contributed by atoms with Gasteiger partial charge in [0.15, 0.2) is 0 Å². The van der Waals surface area contributed by atoms with Crippen LogP contribution in [-0.4, -0.2) is 21.8 Å². The summed E-state index contributed by atoms with van der Waals surface area (Å²) in [5.74, 6) is -0.146. The Bertz CT molecular complexity index is 1120. The van der Waals surface area contributed by atoms with E-state index in [-0.39, 0.29) is 11.8 Å². The lowest BCUT2D eigenvalue weighted by Crippen LogP contribution is -2.15. The van der Waals surface area contributed by atoms with Crippen LogP contribution >= 0.6 is 0 Å². The molecule has 2 aromatic heterocycles. The SMILES string of the molecule is CC1=C(C)C(=Cc2cccc(-c3cccc(C=C4NC(=O)C(C)=C4C)n3)n2)NC1=O. The van der Waals surface area contributed by atoms with E-state index in [0.29, 0.717) is 0 Å². The van der Waals surface area contributed by atoms with Crippen LogP contribution in [-0.2, 0) is 9.59 Å². The Balaban J connectivity index is 1.65. The van der Waals surface area contributed by atoms with Gasteiger partial charge in [-0.25, -0.2) is 9.97 Å². The first-order chi connectivity index (χ1) is 14.3. The molecule has 30 heavy (non-hydrogen) atoms. The maximum Gasteiger partial charge on any atom is 0.251 e. The number of pyridine rings is 2. The number of nitrogens with one attached hydrogen (secondary N) is 2. The lowest BCUT2D eigenvalue weighted by molar-refractivity contribution is -0.117. The van der Waals surface area contributed by atoms with Crippen molar-refractivity contribution in [1.29, 1.82) is 0 Å². The molecule has 2 aliphatic heterocycles. The minimum absolute atomic E-state index is 0.0732. The number of carbonyl (C=O) groups is 2. The zero-order valence-electron chi connectivity index (χ0n) is 17.3. The summed E-state index contributed by atoms with van der Waals surface area (Å²) >= 11 is 0. The monoisotopic (exact) mass is 398 g/mol. The van der Waals surface area contributed by atoms with Crippen LogP contribution in [0.5, 0.6) is 0 Å². The second kappa shape index (κ2) is 7.55. The molecular formula is C24H22N4O2. The molecule has 150 valence electrons. The standard InChI is InChI=1S/C24H22N4O2/c1-13-15(3)23(29)27-21(13)11-17-7-5-9-19(25-17)20-10-6-8-18(26-20)12-22-14(2)16(4)24(30)28-22/h5-12H,1-4H3,(H,27,29)(H,28,30). The van der Waals surface area contributed by atoms with Gasteiger partial charge in [0.1, 0.15) is 0 Å². The van der Waals surface area contributed by atoms with Gasteiger partial charge in [0.2, 0.25) is 0 Å².